The number of aromatic nitrogens is 2. The molecule has 1 atom stereocenters. The second-order valence-electron chi connectivity index (χ2n) is 7.73. The third kappa shape index (κ3) is 5.59. The van der Waals surface area contributed by atoms with Crippen molar-refractivity contribution < 1.29 is 13.2 Å². The maximum absolute atomic E-state index is 12.7. The molecule has 1 aromatic heterocycles. The molecular formula is C23H28N4O3S. The number of benzene rings is 2. The van der Waals surface area contributed by atoms with E-state index >= 15 is 0 Å². The molecule has 8 heteroatoms. The van der Waals surface area contributed by atoms with Gasteiger partial charge >= 0.3 is 0 Å². The van der Waals surface area contributed by atoms with Crippen LogP contribution in [-0.2, 0) is 14.8 Å². The van der Waals surface area contributed by atoms with E-state index in [2.05, 4.69) is 15.0 Å². The number of nitrogens with one attached hydrogen (secondary N) is 2. The lowest BCUT2D eigenvalue weighted by atomic mass is 10.1. The Morgan fingerprint density at radius 2 is 1.74 bits per heavy atom. The summed E-state index contributed by atoms with van der Waals surface area (Å²) >= 11 is 0. The average molecular weight is 441 g/mol. The number of hydrogen-bond donors (Lipinski definition) is 2. The highest BCUT2D eigenvalue weighted by atomic mass is 32.2. The third-order valence-corrected chi connectivity index (χ3v) is 6.86. The molecule has 0 radical (unpaired) electrons. The van der Waals surface area contributed by atoms with Gasteiger partial charge in [-0.05, 0) is 56.5 Å². The van der Waals surface area contributed by atoms with E-state index in [1.54, 1.807) is 26.4 Å². The minimum atomic E-state index is -3.68. The molecule has 0 aliphatic heterocycles. The lowest BCUT2D eigenvalue weighted by Gasteiger charge is -2.16. The maximum atomic E-state index is 12.7. The van der Waals surface area contributed by atoms with Crippen LogP contribution in [0.5, 0.6) is 0 Å². The molecule has 31 heavy (non-hydrogen) atoms. The third-order valence-electron chi connectivity index (χ3n) is 5.09. The van der Waals surface area contributed by atoms with Crippen LogP contribution in [0, 0.1) is 20.8 Å². The van der Waals surface area contributed by atoms with Crippen molar-refractivity contribution in [3.05, 3.63) is 77.4 Å². The van der Waals surface area contributed by atoms with E-state index in [9.17, 15) is 13.2 Å². The molecule has 0 saturated heterocycles. The SMILES string of the molecule is Cc1cc(C)c(S(=O)(=O)NCCC(=O)N[C@@H](C)c2ccc(-n3ccnc3)cc2)c(C)c1. The number of nitrogens with zero attached hydrogens (tertiary/aromatic N) is 2. The highest BCUT2D eigenvalue weighted by Gasteiger charge is 2.20. The first kappa shape index (κ1) is 22.7. The Morgan fingerprint density at radius 3 is 2.32 bits per heavy atom. The van der Waals surface area contributed by atoms with E-state index in [4.69, 9.17) is 0 Å². The van der Waals surface area contributed by atoms with Gasteiger partial charge in [0.15, 0.2) is 0 Å². The van der Waals surface area contributed by atoms with Crippen molar-refractivity contribution >= 4 is 15.9 Å². The van der Waals surface area contributed by atoms with E-state index in [0.29, 0.717) is 11.1 Å². The Bertz CT molecular complexity index is 1130. The number of rotatable bonds is 8. The number of amides is 1. The summed E-state index contributed by atoms with van der Waals surface area (Å²) in [5.41, 5.74) is 4.35. The zero-order valence-corrected chi connectivity index (χ0v) is 19.0. The normalized spacial score (nSPS) is 12.5. The summed E-state index contributed by atoms with van der Waals surface area (Å²) < 4.78 is 29.8. The van der Waals surface area contributed by atoms with Crippen molar-refractivity contribution in [3.63, 3.8) is 0 Å². The van der Waals surface area contributed by atoms with Gasteiger partial charge in [-0.3, -0.25) is 4.79 Å². The topological polar surface area (TPSA) is 93.1 Å². The van der Waals surface area contributed by atoms with Gasteiger partial charge in [0, 0.05) is 31.0 Å². The fourth-order valence-corrected chi connectivity index (χ4v) is 5.19. The molecule has 1 heterocycles. The molecule has 164 valence electrons. The number of imidazole rings is 1. The van der Waals surface area contributed by atoms with Crippen molar-refractivity contribution in [3.8, 4) is 5.69 Å². The molecule has 3 aromatic rings. The van der Waals surface area contributed by atoms with Crippen LogP contribution >= 0.6 is 0 Å². The molecule has 3 rings (SSSR count). The number of carbonyl (C=O) groups excluding carboxylic acids is 1. The quantitative estimate of drug-likeness (QED) is 0.562. The molecule has 0 spiro atoms. The summed E-state index contributed by atoms with van der Waals surface area (Å²) in [6.45, 7) is 7.42. The Balaban J connectivity index is 1.54. The minimum absolute atomic E-state index is 0.0349. The largest absolute Gasteiger partial charge is 0.350 e. The van der Waals surface area contributed by atoms with Crippen LogP contribution in [0.4, 0.5) is 0 Å². The van der Waals surface area contributed by atoms with Crippen molar-refractivity contribution in [2.75, 3.05) is 6.54 Å². The number of hydrogen-bond acceptors (Lipinski definition) is 4. The molecule has 2 N–H and O–H groups in total. The molecule has 0 aliphatic rings. The highest BCUT2D eigenvalue weighted by Crippen LogP contribution is 2.21. The fraction of sp³-hybridized carbons (Fsp3) is 0.304. The Kier molecular flexibility index (Phi) is 6.92. The maximum Gasteiger partial charge on any atom is 0.241 e. The first-order valence-electron chi connectivity index (χ1n) is 10.1. The van der Waals surface area contributed by atoms with Crippen LogP contribution in [0.3, 0.4) is 0 Å². The fourth-order valence-electron chi connectivity index (χ4n) is 3.71. The summed E-state index contributed by atoms with van der Waals surface area (Å²) in [7, 11) is -3.68. The van der Waals surface area contributed by atoms with Gasteiger partial charge in [-0.25, -0.2) is 18.1 Å². The van der Waals surface area contributed by atoms with Gasteiger partial charge in [0.1, 0.15) is 0 Å². The Morgan fingerprint density at radius 1 is 1.10 bits per heavy atom. The van der Waals surface area contributed by atoms with Crippen molar-refractivity contribution in [2.24, 2.45) is 0 Å². The Labute approximate surface area is 183 Å². The molecule has 2 aromatic carbocycles. The first-order chi connectivity index (χ1) is 14.7. The number of aryl methyl sites for hydroxylation is 3. The van der Waals surface area contributed by atoms with Crippen molar-refractivity contribution in [1.29, 1.82) is 0 Å². The smallest absolute Gasteiger partial charge is 0.241 e. The molecule has 1 amide bonds. The minimum Gasteiger partial charge on any atom is -0.350 e. The van der Waals surface area contributed by atoms with E-state index in [1.165, 1.54) is 0 Å². The van der Waals surface area contributed by atoms with Crippen LogP contribution in [0.25, 0.3) is 5.69 Å². The van der Waals surface area contributed by atoms with Crippen LogP contribution < -0.4 is 10.0 Å². The van der Waals surface area contributed by atoms with E-state index in [1.807, 2.05) is 61.0 Å². The van der Waals surface area contributed by atoms with Gasteiger partial charge in [0.2, 0.25) is 15.9 Å². The summed E-state index contributed by atoms with van der Waals surface area (Å²) in [6, 6.07) is 11.3. The lowest BCUT2D eigenvalue weighted by molar-refractivity contribution is -0.121. The summed E-state index contributed by atoms with van der Waals surface area (Å²) in [5.74, 6) is -0.216. The molecule has 0 unspecified atom stereocenters. The molecule has 0 bridgehead atoms. The van der Waals surface area contributed by atoms with E-state index < -0.39 is 10.0 Å². The molecular weight excluding hydrogens is 412 g/mol. The Hall–Kier alpha value is -2.97. The standard InChI is InChI=1S/C23H28N4O3S/c1-16-13-17(2)23(18(3)14-16)31(29,30)25-10-9-22(28)26-19(4)20-5-7-21(8-6-20)27-12-11-24-15-27/h5-8,11-15,19,25H,9-10H2,1-4H3,(H,26,28)/t19-/m0/s1. The van der Waals surface area contributed by atoms with Gasteiger partial charge in [-0.2, -0.15) is 0 Å². The van der Waals surface area contributed by atoms with Gasteiger partial charge in [-0.15, -0.1) is 0 Å². The monoisotopic (exact) mass is 440 g/mol. The van der Waals surface area contributed by atoms with Crippen LogP contribution in [0.2, 0.25) is 0 Å². The van der Waals surface area contributed by atoms with Crippen LogP contribution in [-0.4, -0.2) is 30.4 Å². The average Bonchev–Trinajstić information content (AvgIpc) is 3.21. The number of carbonyl (C=O) groups is 1. The zero-order valence-electron chi connectivity index (χ0n) is 18.2. The highest BCUT2D eigenvalue weighted by molar-refractivity contribution is 7.89. The van der Waals surface area contributed by atoms with Crippen LogP contribution in [0.15, 0.2) is 60.0 Å². The first-order valence-corrected chi connectivity index (χ1v) is 11.6. The number of sulfonamides is 1. The summed E-state index contributed by atoms with van der Waals surface area (Å²) in [4.78, 5) is 16.6. The van der Waals surface area contributed by atoms with Gasteiger partial charge in [0.05, 0.1) is 17.3 Å². The van der Waals surface area contributed by atoms with Gasteiger partial charge in [0.25, 0.3) is 0 Å². The molecule has 0 aliphatic carbocycles. The van der Waals surface area contributed by atoms with Crippen molar-refractivity contribution in [1.82, 2.24) is 19.6 Å². The molecule has 0 saturated carbocycles. The summed E-state index contributed by atoms with van der Waals surface area (Å²) in [6.07, 6.45) is 5.36. The predicted molar refractivity (Wildman–Crippen MR) is 121 cm³/mol. The molecule has 7 nitrogen and oxygen atoms in total. The van der Waals surface area contributed by atoms with Gasteiger partial charge < -0.3 is 9.88 Å². The zero-order chi connectivity index (χ0) is 22.6. The van der Waals surface area contributed by atoms with E-state index in [-0.39, 0.29) is 29.8 Å². The van der Waals surface area contributed by atoms with Gasteiger partial charge in [-0.1, -0.05) is 29.8 Å². The lowest BCUT2D eigenvalue weighted by Crippen LogP contribution is -2.32. The molecule has 0 fully saturated rings. The second kappa shape index (κ2) is 9.45. The second-order valence-corrected chi connectivity index (χ2v) is 9.43. The predicted octanol–water partition coefficient (Wildman–Crippen LogP) is 3.34. The van der Waals surface area contributed by atoms with Crippen molar-refractivity contribution in [2.45, 2.75) is 45.1 Å². The van der Waals surface area contributed by atoms with Crippen LogP contribution in [0.1, 0.15) is 41.6 Å². The summed E-state index contributed by atoms with van der Waals surface area (Å²) in [5, 5.41) is 2.91. The van der Waals surface area contributed by atoms with E-state index in [0.717, 1.165) is 16.8 Å².